The van der Waals surface area contributed by atoms with Crippen molar-refractivity contribution in [2.45, 2.75) is 24.8 Å². The van der Waals surface area contributed by atoms with Gasteiger partial charge in [0.2, 0.25) is 15.9 Å². The Balaban J connectivity index is 1.68. The Hall–Kier alpha value is -2.01. The third kappa shape index (κ3) is 5.78. The number of pyridine rings is 1. The standard InChI is InChI=1S/C20H25BrN4O4S/c1-14(2)19(24-30(27,28)17-6-3-15(21)4-7-17)20(26)23-18-8-5-16(13-22-18)25-9-11-29-12-10-25/h3-8,13-14,19,24H,9-12H2,1-2H3,(H,22,23,26)/t19-/m1/s1. The molecule has 0 spiro atoms. The second-order valence-electron chi connectivity index (χ2n) is 7.29. The first-order chi connectivity index (χ1) is 14.3. The number of hydrogen-bond acceptors (Lipinski definition) is 6. The van der Waals surface area contributed by atoms with Crippen molar-refractivity contribution in [2.75, 3.05) is 36.5 Å². The Morgan fingerprint density at radius 3 is 2.37 bits per heavy atom. The van der Waals surface area contributed by atoms with Crippen LogP contribution in [0.25, 0.3) is 0 Å². The number of nitrogens with zero attached hydrogens (tertiary/aromatic N) is 2. The molecule has 1 atom stereocenters. The lowest BCUT2D eigenvalue weighted by molar-refractivity contribution is -0.118. The van der Waals surface area contributed by atoms with E-state index in [1.54, 1.807) is 38.2 Å². The van der Waals surface area contributed by atoms with Gasteiger partial charge in [0.05, 0.1) is 30.0 Å². The Kier molecular flexibility index (Phi) is 7.45. The van der Waals surface area contributed by atoms with Crippen LogP contribution >= 0.6 is 15.9 Å². The van der Waals surface area contributed by atoms with E-state index >= 15 is 0 Å². The topological polar surface area (TPSA) is 101 Å². The van der Waals surface area contributed by atoms with Crippen molar-refractivity contribution in [3.8, 4) is 0 Å². The first-order valence-corrected chi connectivity index (χ1v) is 11.9. The van der Waals surface area contributed by atoms with Gasteiger partial charge in [0.25, 0.3) is 0 Å². The van der Waals surface area contributed by atoms with E-state index in [9.17, 15) is 13.2 Å². The molecule has 0 unspecified atom stereocenters. The molecule has 8 nitrogen and oxygen atoms in total. The number of carbonyl (C=O) groups excluding carboxylic acids is 1. The summed E-state index contributed by atoms with van der Waals surface area (Å²) in [5.41, 5.74) is 0.952. The van der Waals surface area contributed by atoms with Gasteiger partial charge in [-0.15, -0.1) is 0 Å². The van der Waals surface area contributed by atoms with Crippen molar-refractivity contribution in [2.24, 2.45) is 5.92 Å². The van der Waals surface area contributed by atoms with E-state index < -0.39 is 22.0 Å². The van der Waals surface area contributed by atoms with Crippen LogP contribution in [0.15, 0.2) is 52.0 Å². The van der Waals surface area contributed by atoms with Gasteiger partial charge in [-0.05, 0) is 42.3 Å². The molecule has 2 aromatic rings. The van der Waals surface area contributed by atoms with Crippen molar-refractivity contribution < 1.29 is 17.9 Å². The zero-order valence-electron chi connectivity index (χ0n) is 16.8. The van der Waals surface area contributed by atoms with Crippen molar-refractivity contribution in [3.05, 3.63) is 47.1 Å². The molecule has 0 saturated carbocycles. The summed E-state index contributed by atoms with van der Waals surface area (Å²) in [7, 11) is -3.85. The fraction of sp³-hybridized carbons (Fsp3) is 0.400. The minimum Gasteiger partial charge on any atom is -0.378 e. The third-order valence-corrected chi connectivity index (χ3v) is 6.72. The zero-order chi connectivity index (χ0) is 21.7. The average Bonchev–Trinajstić information content (AvgIpc) is 2.73. The van der Waals surface area contributed by atoms with E-state index in [1.807, 2.05) is 6.07 Å². The molecule has 0 aliphatic carbocycles. The number of aromatic nitrogens is 1. The van der Waals surface area contributed by atoms with E-state index in [1.165, 1.54) is 12.1 Å². The van der Waals surface area contributed by atoms with Gasteiger partial charge >= 0.3 is 0 Å². The average molecular weight is 497 g/mol. The van der Waals surface area contributed by atoms with E-state index in [4.69, 9.17) is 4.74 Å². The Labute approximate surface area is 185 Å². The van der Waals surface area contributed by atoms with Gasteiger partial charge in [-0.2, -0.15) is 4.72 Å². The summed E-state index contributed by atoms with van der Waals surface area (Å²) in [6.45, 7) is 6.49. The minimum absolute atomic E-state index is 0.0946. The molecule has 1 saturated heterocycles. The molecule has 1 aromatic carbocycles. The first kappa shape index (κ1) is 22.7. The molecule has 0 radical (unpaired) electrons. The lowest BCUT2D eigenvalue weighted by Crippen LogP contribution is -2.47. The summed E-state index contributed by atoms with van der Waals surface area (Å²) in [5.74, 6) is -0.356. The number of halogens is 1. The highest BCUT2D eigenvalue weighted by atomic mass is 79.9. The molecule has 1 fully saturated rings. The van der Waals surface area contributed by atoms with Gasteiger partial charge in [-0.25, -0.2) is 13.4 Å². The molecule has 162 valence electrons. The summed E-state index contributed by atoms with van der Waals surface area (Å²) in [6, 6.07) is 8.88. The number of morpholine rings is 1. The largest absolute Gasteiger partial charge is 0.378 e. The van der Waals surface area contributed by atoms with Crippen molar-refractivity contribution >= 4 is 43.4 Å². The highest BCUT2D eigenvalue weighted by Crippen LogP contribution is 2.19. The quantitative estimate of drug-likeness (QED) is 0.610. The number of ether oxygens (including phenoxy) is 1. The molecule has 1 aliphatic heterocycles. The van der Waals surface area contributed by atoms with Gasteiger partial charge in [0.1, 0.15) is 11.9 Å². The number of hydrogen-bond donors (Lipinski definition) is 2. The summed E-state index contributed by atoms with van der Waals surface area (Å²) in [5, 5.41) is 2.71. The number of nitrogens with one attached hydrogen (secondary N) is 2. The number of sulfonamides is 1. The molecule has 1 amide bonds. The molecule has 2 heterocycles. The normalized spacial score (nSPS) is 15.8. The minimum atomic E-state index is -3.85. The SMILES string of the molecule is CC(C)[C@@H](NS(=O)(=O)c1ccc(Br)cc1)C(=O)Nc1ccc(N2CCOCC2)cn1. The fourth-order valence-electron chi connectivity index (χ4n) is 3.01. The second kappa shape index (κ2) is 9.86. The van der Waals surface area contributed by atoms with Crippen molar-refractivity contribution in [1.82, 2.24) is 9.71 Å². The maximum Gasteiger partial charge on any atom is 0.243 e. The molecular formula is C20H25BrN4O4S. The molecule has 10 heteroatoms. The molecule has 0 bridgehead atoms. The van der Waals surface area contributed by atoms with Crippen LogP contribution in [0, 0.1) is 5.92 Å². The summed E-state index contributed by atoms with van der Waals surface area (Å²) >= 11 is 3.28. The number of amides is 1. The smallest absolute Gasteiger partial charge is 0.243 e. The molecule has 1 aliphatic rings. The highest BCUT2D eigenvalue weighted by molar-refractivity contribution is 9.10. The van der Waals surface area contributed by atoms with Crippen LogP contribution in [0.2, 0.25) is 0 Å². The maximum atomic E-state index is 12.8. The predicted octanol–water partition coefficient (Wildman–Crippen LogP) is 2.62. The van der Waals surface area contributed by atoms with Gasteiger partial charge in [-0.3, -0.25) is 4.79 Å². The lowest BCUT2D eigenvalue weighted by Gasteiger charge is -2.28. The van der Waals surface area contributed by atoms with Gasteiger partial charge in [0.15, 0.2) is 0 Å². The molecule has 3 rings (SSSR count). The number of anilines is 2. The predicted molar refractivity (Wildman–Crippen MR) is 119 cm³/mol. The second-order valence-corrected chi connectivity index (χ2v) is 9.92. The van der Waals surface area contributed by atoms with Crippen LogP contribution in [0.3, 0.4) is 0 Å². The van der Waals surface area contributed by atoms with Gasteiger partial charge in [-0.1, -0.05) is 29.8 Å². The van der Waals surface area contributed by atoms with E-state index in [-0.39, 0.29) is 10.8 Å². The Morgan fingerprint density at radius 1 is 1.13 bits per heavy atom. The van der Waals surface area contributed by atoms with E-state index in [2.05, 4.69) is 35.9 Å². The third-order valence-electron chi connectivity index (χ3n) is 4.73. The lowest BCUT2D eigenvalue weighted by atomic mass is 10.1. The zero-order valence-corrected chi connectivity index (χ0v) is 19.2. The van der Waals surface area contributed by atoms with Gasteiger partial charge in [0, 0.05) is 17.6 Å². The van der Waals surface area contributed by atoms with Crippen LogP contribution in [-0.4, -0.2) is 51.7 Å². The van der Waals surface area contributed by atoms with E-state index in [0.717, 1.165) is 23.2 Å². The summed E-state index contributed by atoms with van der Waals surface area (Å²) in [6.07, 6.45) is 1.69. The van der Waals surface area contributed by atoms with Crippen LogP contribution < -0.4 is 14.9 Å². The monoisotopic (exact) mass is 496 g/mol. The van der Waals surface area contributed by atoms with Crippen LogP contribution in [0.1, 0.15) is 13.8 Å². The molecule has 30 heavy (non-hydrogen) atoms. The molecule has 2 N–H and O–H groups in total. The number of rotatable bonds is 7. The van der Waals surface area contributed by atoms with Gasteiger partial charge < -0.3 is 15.0 Å². The molecular weight excluding hydrogens is 472 g/mol. The van der Waals surface area contributed by atoms with Crippen LogP contribution in [0.5, 0.6) is 0 Å². The number of benzene rings is 1. The highest BCUT2D eigenvalue weighted by Gasteiger charge is 2.28. The first-order valence-electron chi connectivity index (χ1n) is 9.64. The van der Waals surface area contributed by atoms with E-state index in [0.29, 0.717) is 19.0 Å². The molecule has 1 aromatic heterocycles. The fourth-order valence-corrected chi connectivity index (χ4v) is 4.62. The van der Waals surface area contributed by atoms with Crippen LogP contribution in [0.4, 0.5) is 11.5 Å². The Bertz CT molecular complexity index is 959. The van der Waals surface area contributed by atoms with Crippen molar-refractivity contribution in [3.63, 3.8) is 0 Å². The summed E-state index contributed by atoms with van der Waals surface area (Å²) in [4.78, 5) is 19.3. The van der Waals surface area contributed by atoms with Crippen molar-refractivity contribution in [1.29, 1.82) is 0 Å². The Morgan fingerprint density at radius 2 is 1.80 bits per heavy atom. The van der Waals surface area contributed by atoms with Crippen LogP contribution in [-0.2, 0) is 19.6 Å². The maximum absolute atomic E-state index is 12.8. The summed E-state index contributed by atoms with van der Waals surface area (Å²) < 4.78 is 34.0. The number of carbonyl (C=O) groups is 1.